The van der Waals surface area contributed by atoms with Crippen molar-refractivity contribution in [2.45, 2.75) is 45.8 Å². The lowest BCUT2D eigenvalue weighted by atomic mass is 9.87. The van der Waals surface area contributed by atoms with E-state index in [-0.39, 0.29) is 17.9 Å². The summed E-state index contributed by atoms with van der Waals surface area (Å²) in [5.41, 5.74) is 3.43. The van der Waals surface area contributed by atoms with E-state index in [1.807, 2.05) is 67.3 Å². The van der Waals surface area contributed by atoms with Crippen LogP contribution >= 0.6 is 0 Å². The normalized spacial score (nSPS) is 11.8. The first-order valence-corrected chi connectivity index (χ1v) is 11.2. The monoisotopic (exact) mass is 431 g/mol. The minimum atomic E-state index is 0.0771. The number of benzene rings is 3. The van der Waals surface area contributed by atoms with E-state index in [0.29, 0.717) is 13.1 Å². The van der Waals surface area contributed by atoms with Crippen molar-refractivity contribution in [2.24, 2.45) is 0 Å². The van der Waals surface area contributed by atoms with Crippen LogP contribution < -0.4 is 9.47 Å². The van der Waals surface area contributed by atoms with Crippen molar-refractivity contribution in [1.29, 1.82) is 0 Å². The molecular formula is C28H33NO3. The van der Waals surface area contributed by atoms with Gasteiger partial charge in [-0.25, -0.2) is 0 Å². The molecule has 3 rings (SSSR count). The van der Waals surface area contributed by atoms with E-state index in [1.165, 1.54) is 5.56 Å². The van der Waals surface area contributed by atoms with Gasteiger partial charge in [-0.2, -0.15) is 0 Å². The largest absolute Gasteiger partial charge is 0.496 e. The van der Waals surface area contributed by atoms with E-state index in [4.69, 9.17) is 9.47 Å². The van der Waals surface area contributed by atoms with Crippen molar-refractivity contribution < 1.29 is 14.3 Å². The SMILES string of the molecule is COc1ccccc1[C@H](CCN(Cc1ccccc1)C(C)=O)c1ccc(OC(C)C)cc1. The van der Waals surface area contributed by atoms with Gasteiger partial charge < -0.3 is 14.4 Å². The molecule has 3 aromatic carbocycles. The van der Waals surface area contributed by atoms with Gasteiger partial charge in [0, 0.05) is 31.5 Å². The zero-order valence-electron chi connectivity index (χ0n) is 19.5. The Labute approximate surface area is 191 Å². The third-order valence-electron chi connectivity index (χ3n) is 5.52. The molecule has 168 valence electrons. The van der Waals surface area contributed by atoms with Crippen molar-refractivity contribution in [2.75, 3.05) is 13.7 Å². The van der Waals surface area contributed by atoms with E-state index in [0.717, 1.165) is 29.0 Å². The van der Waals surface area contributed by atoms with Crippen LogP contribution in [-0.2, 0) is 11.3 Å². The smallest absolute Gasteiger partial charge is 0.219 e. The number of amides is 1. The molecule has 4 nitrogen and oxygen atoms in total. The van der Waals surface area contributed by atoms with Gasteiger partial charge in [0.1, 0.15) is 11.5 Å². The maximum Gasteiger partial charge on any atom is 0.219 e. The van der Waals surface area contributed by atoms with Crippen molar-refractivity contribution in [1.82, 2.24) is 4.90 Å². The summed E-state index contributed by atoms with van der Waals surface area (Å²) >= 11 is 0. The van der Waals surface area contributed by atoms with E-state index < -0.39 is 0 Å². The van der Waals surface area contributed by atoms with Crippen molar-refractivity contribution in [3.05, 3.63) is 95.6 Å². The van der Waals surface area contributed by atoms with Crippen LogP contribution in [0, 0.1) is 0 Å². The summed E-state index contributed by atoms with van der Waals surface area (Å²) in [5.74, 6) is 1.89. The van der Waals surface area contributed by atoms with Crippen LogP contribution in [0.4, 0.5) is 0 Å². The van der Waals surface area contributed by atoms with Gasteiger partial charge in [0.2, 0.25) is 5.91 Å². The maximum atomic E-state index is 12.4. The second kappa shape index (κ2) is 11.4. The van der Waals surface area contributed by atoms with Gasteiger partial charge in [-0.05, 0) is 49.6 Å². The highest BCUT2D eigenvalue weighted by Gasteiger charge is 2.21. The van der Waals surface area contributed by atoms with Crippen LogP contribution in [-0.4, -0.2) is 30.6 Å². The molecule has 0 aromatic heterocycles. The Balaban J connectivity index is 1.86. The average Bonchev–Trinajstić information content (AvgIpc) is 2.80. The molecule has 0 spiro atoms. The minimum absolute atomic E-state index is 0.0771. The molecule has 0 aliphatic rings. The first kappa shape index (κ1) is 23.4. The van der Waals surface area contributed by atoms with Crippen LogP contribution in [0.5, 0.6) is 11.5 Å². The second-order valence-electron chi connectivity index (χ2n) is 8.25. The molecule has 3 aromatic rings. The molecule has 0 N–H and O–H groups in total. The molecule has 0 fully saturated rings. The third kappa shape index (κ3) is 6.36. The zero-order valence-corrected chi connectivity index (χ0v) is 19.5. The lowest BCUT2D eigenvalue weighted by Gasteiger charge is -2.26. The van der Waals surface area contributed by atoms with Crippen LogP contribution in [0.2, 0.25) is 0 Å². The number of carbonyl (C=O) groups excluding carboxylic acids is 1. The van der Waals surface area contributed by atoms with Gasteiger partial charge in [0.15, 0.2) is 0 Å². The number of hydrogen-bond acceptors (Lipinski definition) is 3. The molecule has 32 heavy (non-hydrogen) atoms. The summed E-state index contributed by atoms with van der Waals surface area (Å²) in [6, 6.07) is 26.5. The van der Waals surface area contributed by atoms with E-state index in [1.54, 1.807) is 14.0 Å². The van der Waals surface area contributed by atoms with E-state index in [2.05, 4.69) is 30.3 Å². The summed E-state index contributed by atoms with van der Waals surface area (Å²) < 4.78 is 11.5. The molecular weight excluding hydrogens is 398 g/mol. The van der Waals surface area contributed by atoms with Gasteiger partial charge in [0.25, 0.3) is 0 Å². The first-order valence-electron chi connectivity index (χ1n) is 11.2. The number of ether oxygens (including phenoxy) is 2. The summed E-state index contributed by atoms with van der Waals surface area (Å²) in [5, 5.41) is 0. The number of para-hydroxylation sites is 1. The molecule has 0 saturated carbocycles. The van der Waals surface area contributed by atoms with Crippen LogP contribution in [0.15, 0.2) is 78.9 Å². The lowest BCUT2D eigenvalue weighted by Crippen LogP contribution is -2.30. The first-order chi connectivity index (χ1) is 15.5. The highest BCUT2D eigenvalue weighted by atomic mass is 16.5. The summed E-state index contributed by atoms with van der Waals surface area (Å²) in [6.07, 6.45) is 0.921. The Hall–Kier alpha value is -3.27. The van der Waals surface area contributed by atoms with Gasteiger partial charge >= 0.3 is 0 Å². The Morgan fingerprint density at radius 3 is 2.19 bits per heavy atom. The maximum absolute atomic E-state index is 12.4. The molecule has 0 unspecified atom stereocenters. The molecule has 1 atom stereocenters. The molecule has 0 aliphatic carbocycles. The summed E-state index contributed by atoms with van der Waals surface area (Å²) in [6.45, 7) is 6.94. The van der Waals surface area contributed by atoms with E-state index >= 15 is 0 Å². The average molecular weight is 432 g/mol. The fourth-order valence-electron chi connectivity index (χ4n) is 3.94. The Kier molecular flexibility index (Phi) is 8.32. The molecule has 0 bridgehead atoms. The zero-order chi connectivity index (χ0) is 22.9. The second-order valence-corrected chi connectivity index (χ2v) is 8.25. The van der Waals surface area contributed by atoms with Gasteiger partial charge in [-0.15, -0.1) is 0 Å². The predicted octanol–water partition coefficient (Wildman–Crippen LogP) is 6.05. The molecule has 1 amide bonds. The standard InChI is InChI=1S/C28H33NO3/c1-21(2)32-25-16-14-24(15-17-25)26(27-12-8-9-13-28(27)31-4)18-19-29(22(3)30)20-23-10-6-5-7-11-23/h5-17,21,26H,18-20H2,1-4H3/t26-/m1/s1. The minimum Gasteiger partial charge on any atom is -0.496 e. The highest BCUT2D eigenvalue weighted by molar-refractivity contribution is 5.73. The number of rotatable bonds is 10. The van der Waals surface area contributed by atoms with Gasteiger partial charge in [0.05, 0.1) is 13.2 Å². The summed E-state index contributed by atoms with van der Waals surface area (Å²) in [4.78, 5) is 14.3. The number of nitrogens with zero attached hydrogens (tertiary/aromatic N) is 1. The van der Waals surface area contributed by atoms with Crippen molar-refractivity contribution >= 4 is 5.91 Å². The highest BCUT2D eigenvalue weighted by Crippen LogP contribution is 2.35. The van der Waals surface area contributed by atoms with Gasteiger partial charge in [-0.1, -0.05) is 60.7 Å². The van der Waals surface area contributed by atoms with Crippen LogP contribution in [0.3, 0.4) is 0 Å². The van der Waals surface area contributed by atoms with Gasteiger partial charge in [-0.3, -0.25) is 4.79 Å². The number of hydrogen-bond donors (Lipinski definition) is 0. The third-order valence-corrected chi connectivity index (χ3v) is 5.52. The Bertz CT molecular complexity index is 983. The fourth-order valence-corrected chi connectivity index (χ4v) is 3.94. The van der Waals surface area contributed by atoms with Crippen molar-refractivity contribution in [3.63, 3.8) is 0 Å². The molecule has 0 saturated heterocycles. The quantitative estimate of drug-likeness (QED) is 0.392. The molecule has 0 heterocycles. The predicted molar refractivity (Wildman–Crippen MR) is 129 cm³/mol. The number of methoxy groups -OCH3 is 1. The molecule has 0 aliphatic heterocycles. The van der Waals surface area contributed by atoms with E-state index in [9.17, 15) is 4.79 Å². The Morgan fingerprint density at radius 2 is 1.56 bits per heavy atom. The van der Waals surface area contributed by atoms with Crippen LogP contribution in [0.1, 0.15) is 49.8 Å². The summed E-state index contributed by atoms with van der Waals surface area (Å²) in [7, 11) is 1.70. The lowest BCUT2D eigenvalue weighted by molar-refractivity contribution is -0.129. The van der Waals surface area contributed by atoms with Crippen molar-refractivity contribution in [3.8, 4) is 11.5 Å². The number of carbonyl (C=O) groups is 1. The fraction of sp³-hybridized carbons (Fsp3) is 0.321. The van der Waals surface area contributed by atoms with Crippen LogP contribution in [0.25, 0.3) is 0 Å². The topological polar surface area (TPSA) is 38.8 Å². The Morgan fingerprint density at radius 1 is 0.906 bits per heavy atom. The molecule has 0 radical (unpaired) electrons. The molecule has 4 heteroatoms.